The number of benzene rings is 2. The van der Waals surface area contributed by atoms with Crippen LogP contribution in [-0.4, -0.2) is 18.8 Å². The van der Waals surface area contributed by atoms with Crippen LogP contribution in [0.4, 0.5) is 4.39 Å². The van der Waals surface area contributed by atoms with Gasteiger partial charge in [-0.3, -0.25) is 0 Å². The molecule has 21 heavy (non-hydrogen) atoms. The van der Waals surface area contributed by atoms with Gasteiger partial charge in [-0.25, -0.2) is 4.39 Å². The molecule has 0 bridgehead atoms. The molecule has 0 saturated carbocycles. The van der Waals surface area contributed by atoms with Crippen LogP contribution in [0, 0.1) is 12.7 Å². The van der Waals surface area contributed by atoms with Gasteiger partial charge in [-0.1, -0.05) is 30.3 Å². The minimum atomic E-state index is -1.06. The maximum absolute atomic E-state index is 14.1. The standard InChI is InChI=1S/C17H20FNO2/c1-11-6-3-4-7-12(11)13(10-19)17(20)16-14(18)8-5-9-15(16)21-2/h3-9,13,17,20H,10,19H2,1-2H3. The Morgan fingerprint density at radius 1 is 1.19 bits per heavy atom. The highest BCUT2D eigenvalue weighted by Gasteiger charge is 2.27. The van der Waals surface area contributed by atoms with E-state index < -0.39 is 17.8 Å². The quantitative estimate of drug-likeness (QED) is 0.890. The van der Waals surface area contributed by atoms with Gasteiger partial charge in [-0.2, -0.15) is 0 Å². The molecule has 0 fully saturated rings. The van der Waals surface area contributed by atoms with E-state index in [9.17, 15) is 9.50 Å². The molecule has 2 atom stereocenters. The van der Waals surface area contributed by atoms with E-state index in [0.717, 1.165) is 11.1 Å². The lowest BCUT2D eigenvalue weighted by molar-refractivity contribution is 0.139. The summed E-state index contributed by atoms with van der Waals surface area (Å²) in [6, 6.07) is 12.2. The Kier molecular flexibility index (Phi) is 4.94. The number of aryl methyl sites for hydroxylation is 1. The van der Waals surface area contributed by atoms with E-state index in [1.807, 2.05) is 31.2 Å². The zero-order valence-electron chi connectivity index (χ0n) is 12.2. The van der Waals surface area contributed by atoms with Crippen LogP contribution in [0.1, 0.15) is 28.7 Å². The third kappa shape index (κ3) is 3.06. The molecular formula is C17H20FNO2. The number of hydrogen-bond donors (Lipinski definition) is 2. The highest BCUT2D eigenvalue weighted by molar-refractivity contribution is 5.40. The molecule has 4 heteroatoms. The molecule has 0 aliphatic carbocycles. The van der Waals surface area contributed by atoms with Crippen LogP contribution in [0.5, 0.6) is 5.75 Å². The molecule has 2 aromatic rings. The minimum Gasteiger partial charge on any atom is -0.496 e. The number of rotatable bonds is 5. The van der Waals surface area contributed by atoms with Crippen molar-refractivity contribution in [2.24, 2.45) is 5.73 Å². The van der Waals surface area contributed by atoms with Gasteiger partial charge in [-0.15, -0.1) is 0 Å². The lowest BCUT2D eigenvalue weighted by atomic mass is 9.86. The lowest BCUT2D eigenvalue weighted by Gasteiger charge is -2.25. The van der Waals surface area contributed by atoms with E-state index in [1.165, 1.54) is 13.2 Å². The van der Waals surface area contributed by atoms with Crippen molar-refractivity contribution in [1.82, 2.24) is 0 Å². The molecular weight excluding hydrogens is 269 g/mol. The summed E-state index contributed by atoms with van der Waals surface area (Å²) in [5.74, 6) is -0.555. The van der Waals surface area contributed by atoms with Gasteiger partial charge < -0.3 is 15.6 Å². The topological polar surface area (TPSA) is 55.5 Å². The van der Waals surface area contributed by atoms with Crippen molar-refractivity contribution < 1.29 is 14.2 Å². The third-order valence-electron chi connectivity index (χ3n) is 3.75. The molecule has 2 rings (SSSR count). The van der Waals surface area contributed by atoms with Gasteiger partial charge in [0.2, 0.25) is 0 Å². The zero-order valence-corrected chi connectivity index (χ0v) is 12.2. The first-order chi connectivity index (χ1) is 10.1. The van der Waals surface area contributed by atoms with Crippen LogP contribution >= 0.6 is 0 Å². The van der Waals surface area contributed by atoms with Crippen LogP contribution in [0.3, 0.4) is 0 Å². The van der Waals surface area contributed by atoms with Crippen molar-refractivity contribution in [3.8, 4) is 5.75 Å². The van der Waals surface area contributed by atoms with E-state index in [4.69, 9.17) is 10.5 Å². The fourth-order valence-corrected chi connectivity index (χ4v) is 2.61. The monoisotopic (exact) mass is 289 g/mol. The molecule has 0 aromatic heterocycles. The van der Waals surface area contributed by atoms with Crippen molar-refractivity contribution in [1.29, 1.82) is 0 Å². The molecule has 0 spiro atoms. The molecule has 0 aliphatic heterocycles. The maximum Gasteiger partial charge on any atom is 0.132 e. The Bertz CT molecular complexity index is 615. The van der Waals surface area contributed by atoms with Gasteiger partial charge in [0.05, 0.1) is 18.8 Å². The normalized spacial score (nSPS) is 13.8. The Balaban J connectivity index is 2.47. The number of aliphatic hydroxyl groups is 1. The number of halogens is 1. The smallest absolute Gasteiger partial charge is 0.132 e. The molecule has 0 heterocycles. The van der Waals surface area contributed by atoms with E-state index in [-0.39, 0.29) is 12.1 Å². The predicted octanol–water partition coefficient (Wildman–Crippen LogP) is 2.92. The summed E-state index contributed by atoms with van der Waals surface area (Å²) in [6.45, 7) is 2.16. The molecule has 0 aliphatic rings. The predicted molar refractivity (Wildman–Crippen MR) is 80.9 cm³/mol. The summed E-state index contributed by atoms with van der Waals surface area (Å²) < 4.78 is 19.3. The second-order valence-corrected chi connectivity index (χ2v) is 5.00. The molecule has 0 amide bonds. The van der Waals surface area contributed by atoms with Gasteiger partial charge in [0.1, 0.15) is 11.6 Å². The van der Waals surface area contributed by atoms with E-state index in [1.54, 1.807) is 12.1 Å². The fourth-order valence-electron chi connectivity index (χ4n) is 2.61. The van der Waals surface area contributed by atoms with Gasteiger partial charge in [-0.05, 0) is 30.2 Å². The van der Waals surface area contributed by atoms with Crippen LogP contribution in [0.2, 0.25) is 0 Å². The molecule has 2 aromatic carbocycles. The number of nitrogens with two attached hydrogens (primary N) is 1. The zero-order chi connectivity index (χ0) is 15.4. The van der Waals surface area contributed by atoms with Crippen molar-refractivity contribution in [3.63, 3.8) is 0 Å². The summed E-state index contributed by atoms with van der Waals surface area (Å²) in [5.41, 5.74) is 7.91. The summed E-state index contributed by atoms with van der Waals surface area (Å²) in [6.07, 6.45) is -1.06. The summed E-state index contributed by atoms with van der Waals surface area (Å²) >= 11 is 0. The number of methoxy groups -OCH3 is 1. The fraction of sp³-hybridized carbons (Fsp3) is 0.294. The number of aliphatic hydroxyl groups excluding tert-OH is 1. The van der Waals surface area contributed by atoms with E-state index in [2.05, 4.69) is 0 Å². The summed E-state index contributed by atoms with van der Waals surface area (Å²) in [5, 5.41) is 10.7. The largest absolute Gasteiger partial charge is 0.496 e. The van der Waals surface area contributed by atoms with Gasteiger partial charge >= 0.3 is 0 Å². The van der Waals surface area contributed by atoms with E-state index >= 15 is 0 Å². The van der Waals surface area contributed by atoms with Crippen molar-refractivity contribution >= 4 is 0 Å². The van der Waals surface area contributed by atoms with Crippen molar-refractivity contribution in [2.75, 3.05) is 13.7 Å². The molecule has 112 valence electrons. The van der Waals surface area contributed by atoms with Crippen LogP contribution in [0.15, 0.2) is 42.5 Å². The number of ether oxygens (including phenoxy) is 1. The molecule has 0 saturated heterocycles. The van der Waals surface area contributed by atoms with Crippen molar-refractivity contribution in [3.05, 3.63) is 65.0 Å². The first-order valence-corrected chi connectivity index (χ1v) is 6.86. The maximum atomic E-state index is 14.1. The van der Waals surface area contributed by atoms with Gasteiger partial charge in [0.25, 0.3) is 0 Å². The molecule has 2 unspecified atom stereocenters. The Morgan fingerprint density at radius 3 is 2.52 bits per heavy atom. The summed E-state index contributed by atoms with van der Waals surface area (Å²) in [4.78, 5) is 0. The second-order valence-electron chi connectivity index (χ2n) is 5.00. The van der Waals surface area contributed by atoms with Gasteiger partial charge in [0.15, 0.2) is 0 Å². The lowest BCUT2D eigenvalue weighted by Crippen LogP contribution is -2.22. The highest BCUT2D eigenvalue weighted by atomic mass is 19.1. The van der Waals surface area contributed by atoms with E-state index in [0.29, 0.717) is 5.75 Å². The first-order valence-electron chi connectivity index (χ1n) is 6.86. The minimum absolute atomic E-state index is 0.152. The average molecular weight is 289 g/mol. The number of hydrogen-bond acceptors (Lipinski definition) is 3. The SMILES string of the molecule is COc1cccc(F)c1C(O)C(CN)c1ccccc1C. The van der Waals surface area contributed by atoms with Gasteiger partial charge in [0, 0.05) is 12.5 Å². The molecule has 3 nitrogen and oxygen atoms in total. The second kappa shape index (κ2) is 6.70. The Labute approximate surface area is 124 Å². The summed E-state index contributed by atoms with van der Waals surface area (Å²) in [7, 11) is 1.45. The first kappa shape index (κ1) is 15.5. The molecule has 3 N–H and O–H groups in total. The van der Waals surface area contributed by atoms with Crippen LogP contribution in [0.25, 0.3) is 0 Å². The Morgan fingerprint density at radius 2 is 1.90 bits per heavy atom. The highest BCUT2D eigenvalue weighted by Crippen LogP contribution is 2.37. The third-order valence-corrected chi connectivity index (χ3v) is 3.75. The van der Waals surface area contributed by atoms with Crippen LogP contribution in [-0.2, 0) is 0 Å². The van der Waals surface area contributed by atoms with Crippen LogP contribution < -0.4 is 10.5 Å². The Hall–Kier alpha value is -1.91. The van der Waals surface area contributed by atoms with Crippen molar-refractivity contribution in [2.45, 2.75) is 18.9 Å². The molecule has 0 radical (unpaired) electrons. The average Bonchev–Trinajstić information content (AvgIpc) is 2.49.